The van der Waals surface area contributed by atoms with E-state index in [1.165, 1.54) is 19.2 Å². The van der Waals surface area contributed by atoms with Crippen LogP contribution in [0.3, 0.4) is 0 Å². The van der Waals surface area contributed by atoms with E-state index in [-0.39, 0.29) is 23.6 Å². The Morgan fingerprint density at radius 2 is 1.70 bits per heavy atom. The molecular formula is C26H22ClFN2O3. The van der Waals surface area contributed by atoms with Gasteiger partial charge in [0.25, 0.3) is 11.8 Å². The molecule has 4 rings (SSSR count). The molecule has 0 saturated carbocycles. The summed E-state index contributed by atoms with van der Waals surface area (Å²) in [4.78, 5) is 28.1. The fraction of sp³-hybridized carbons (Fsp3) is 0.154. The molecule has 3 aromatic rings. The van der Waals surface area contributed by atoms with E-state index >= 15 is 0 Å². The van der Waals surface area contributed by atoms with Crippen molar-refractivity contribution < 1.29 is 18.7 Å². The van der Waals surface area contributed by atoms with Crippen molar-refractivity contribution in [1.82, 2.24) is 4.90 Å². The normalized spacial score (nSPS) is 13.7. The largest absolute Gasteiger partial charge is 0.495 e. The highest BCUT2D eigenvalue weighted by molar-refractivity contribution is 6.37. The summed E-state index contributed by atoms with van der Waals surface area (Å²) in [6.45, 7) is 3.89. The molecule has 1 aliphatic heterocycles. The number of carbonyl (C=O) groups is 2. The molecule has 3 aromatic carbocycles. The number of nitrogens with one attached hydrogen (secondary N) is 1. The average Bonchev–Trinajstić information content (AvgIpc) is 3.00. The zero-order chi connectivity index (χ0) is 23.7. The number of anilines is 1. The summed E-state index contributed by atoms with van der Waals surface area (Å²) in [7, 11) is 1.52. The molecule has 0 aromatic heterocycles. The smallest absolute Gasteiger partial charge is 0.278 e. The van der Waals surface area contributed by atoms with E-state index in [1.54, 1.807) is 30.3 Å². The van der Waals surface area contributed by atoms with Crippen molar-refractivity contribution in [3.63, 3.8) is 0 Å². The molecule has 0 aliphatic carbocycles. The fourth-order valence-electron chi connectivity index (χ4n) is 3.84. The van der Waals surface area contributed by atoms with Crippen LogP contribution in [0.15, 0.2) is 66.4 Å². The number of hydrogen-bond donors (Lipinski definition) is 1. The molecule has 0 saturated heterocycles. The van der Waals surface area contributed by atoms with Crippen molar-refractivity contribution in [3.05, 3.63) is 99.5 Å². The minimum Gasteiger partial charge on any atom is -0.495 e. The van der Waals surface area contributed by atoms with Gasteiger partial charge in [-0.05, 0) is 60.9 Å². The third kappa shape index (κ3) is 4.47. The predicted octanol–water partition coefficient (Wildman–Crippen LogP) is 5.50. The highest BCUT2D eigenvalue weighted by Crippen LogP contribution is 2.35. The van der Waals surface area contributed by atoms with Gasteiger partial charge in [-0.25, -0.2) is 4.39 Å². The third-order valence-electron chi connectivity index (χ3n) is 5.49. The number of nitrogens with zero attached hydrogens (tertiary/aromatic N) is 1. The number of ether oxygens (including phenoxy) is 1. The predicted molar refractivity (Wildman–Crippen MR) is 126 cm³/mol. The molecule has 1 heterocycles. The van der Waals surface area contributed by atoms with Gasteiger partial charge in [-0.3, -0.25) is 14.5 Å². The van der Waals surface area contributed by atoms with E-state index in [1.807, 2.05) is 32.0 Å². The van der Waals surface area contributed by atoms with Gasteiger partial charge in [0.1, 0.15) is 17.3 Å². The lowest BCUT2D eigenvalue weighted by molar-refractivity contribution is -0.137. The Hall–Kier alpha value is -3.64. The highest BCUT2D eigenvalue weighted by atomic mass is 35.5. The van der Waals surface area contributed by atoms with E-state index in [9.17, 15) is 14.0 Å². The minimum absolute atomic E-state index is 0.0287. The van der Waals surface area contributed by atoms with E-state index in [2.05, 4.69) is 5.32 Å². The van der Waals surface area contributed by atoms with Gasteiger partial charge in [0, 0.05) is 5.69 Å². The second kappa shape index (κ2) is 9.08. The number of halogens is 2. The van der Waals surface area contributed by atoms with Crippen LogP contribution in [-0.4, -0.2) is 23.8 Å². The number of amides is 2. The number of hydrogen-bond acceptors (Lipinski definition) is 4. The number of rotatable bonds is 6. The van der Waals surface area contributed by atoms with Crippen molar-refractivity contribution in [2.75, 3.05) is 12.4 Å². The quantitative estimate of drug-likeness (QED) is 0.489. The summed E-state index contributed by atoms with van der Waals surface area (Å²) in [5, 5.41) is 3.47. The van der Waals surface area contributed by atoms with Gasteiger partial charge in [0.05, 0.1) is 24.3 Å². The maximum Gasteiger partial charge on any atom is 0.278 e. The molecule has 2 amide bonds. The van der Waals surface area contributed by atoms with E-state index in [0.29, 0.717) is 27.6 Å². The van der Waals surface area contributed by atoms with E-state index < -0.39 is 11.8 Å². The number of carbonyl (C=O) groups excluding carboxylic acids is 2. The molecule has 0 unspecified atom stereocenters. The van der Waals surface area contributed by atoms with Crippen molar-refractivity contribution >= 4 is 34.7 Å². The van der Waals surface area contributed by atoms with Crippen LogP contribution in [0.1, 0.15) is 22.3 Å². The molecule has 0 spiro atoms. The Bertz CT molecular complexity index is 1290. The summed E-state index contributed by atoms with van der Waals surface area (Å²) in [6, 6.07) is 16.5. The first kappa shape index (κ1) is 22.6. The Kier molecular flexibility index (Phi) is 6.20. The molecule has 33 heavy (non-hydrogen) atoms. The van der Waals surface area contributed by atoms with Gasteiger partial charge in [-0.1, -0.05) is 47.5 Å². The Balaban J connectivity index is 1.77. The van der Waals surface area contributed by atoms with Crippen LogP contribution in [0.2, 0.25) is 5.02 Å². The summed E-state index contributed by atoms with van der Waals surface area (Å²) in [5.41, 5.74) is 4.23. The monoisotopic (exact) mass is 464 g/mol. The molecule has 7 heteroatoms. The van der Waals surface area contributed by atoms with Gasteiger partial charge in [0.15, 0.2) is 0 Å². The maximum absolute atomic E-state index is 13.5. The van der Waals surface area contributed by atoms with Crippen LogP contribution in [-0.2, 0) is 16.1 Å². The molecule has 1 N–H and O–H groups in total. The first-order valence-electron chi connectivity index (χ1n) is 10.3. The van der Waals surface area contributed by atoms with E-state index in [0.717, 1.165) is 16.0 Å². The Morgan fingerprint density at radius 1 is 0.970 bits per heavy atom. The van der Waals surface area contributed by atoms with Crippen LogP contribution in [0, 0.1) is 19.7 Å². The van der Waals surface area contributed by atoms with Crippen molar-refractivity contribution in [3.8, 4) is 5.75 Å². The Labute approximate surface area is 196 Å². The van der Waals surface area contributed by atoms with Gasteiger partial charge in [0.2, 0.25) is 0 Å². The lowest BCUT2D eigenvalue weighted by Gasteiger charge is -2.16. The molecule has 1 aliphatic rings. The second-order valence-electron chi connectivity index (χ2n) is 7.87. The number of aryl methyl sites for hydroxylation is 2. The lowest BCUT2D eigenvalue weighted by Crippen LogP contribution is -2.32. The van der Waals surface area contributed by atoms with Crippen LogP contribution in [0.25, 0.3) is 5.57 Å². The molecule has 168 valence electrons. The summed E-state index contributed by atoms with van der Waals surface area (Å²) in [5.74, 6) is -0.771. The molecular weight excluding hydrogens is 443 g/mol. The molecule has 0 bridgehead atoms. The number of methoxy groups -OCH3 is 1. The van der Waals surface area contributed by atoms with Crippen LogP contribution >= 0.6 is 11.6 Å². The van der Waals surface area contributed by atoms with E-state index in [4.69, 9.17) is 16.3 Å². The first-order chi connectivity index (χ1) is 15.8. The standard InChI is InChI=1S/C26H22ClFN2O3/c1-15-4-10-20(16(2)12-15)23-24(29-19-9-11-22(33-3)21(27)13-19)26(32)30(25(23)31)14-17-5-7-18(28)8-6-17/h4-13,29H,14H2,1-3H3. The maximum atomic E-state index is 13.5. The lowest BCUT2D eigenvalue weighted by atomic mass is 9.97. The third-order valence-corrected chi connectivity index (χ3v) is 5.79. The zero-order valence-electron chi connectivity index (χ0n) is 18.4. The van der Waals surface area contributed by atoms with Crippen molar-refractivity contribution in [1.29, 1.82) is 0 Å². The van der Waals surface area contributed by atoms with Gasteiger partial charge >= 0.3 is 0 Å². The SMILES string of the molecule is COc1ccc(NC2=C(c3ccc(C)cc3C)C(=O)N(Cc3ccc(F)cc3)C2=O)cc1Cl. The summed E-state index contributed by atoms with van der Waals surface area (Å²) < 4.78 is 18.5. The Morgan fingerprint density at radius 3 is 2.33 bits per heavy atom. The van der Waals surface area contributed by atoms with Crippen LogP contribution < -0.4 is 10.1 Å². The fourth-order valence-corrected chi connectivity index (χ4v) is 4.10. The zero-order valence-corrected chi connectivity index (χ0v) is 19.2. The number of benzene rings is 3. The topological polar surface area (TPSA) is 58.6 Å². The molecule has 5 nitrogen and oxygen atoms in total. The minimum atomic E-state index is -0.466. The van der Waals surface area contributed by atoms with Gasteiger partial charge in [-0.2, -0.15) is 0 Å². The molecule has 0 fully saturated rings. The summed E-state index contributed by atoms with van der Waals surface area (Å²) >= 11 is 6.25. The van der Waals surface area contributed by atoms with Gasteiger partial charge < -0.3 is 10.1 Å². The second-order valence-corrected chi connectivity index (χ2v) is 8.27. The van der Waals surface area contributed by atoms with Crippen LogP contribution in [0.4, 0.5) is 10.1 Å². The molecule has 0 atom stereocenters. The van der Waals surface area contributed by atoms with Crippen LogP contribution in [0.5, 0.6) is 5.75 Å². The van der Waals surface area contributed by atoms with Crippen molar-refractivity contribution in [2.24, 2.45) is 0 Å². The number of imide groups is 1. The first-order valence-corrected chi connectivity index (χ1v) is 10.7. The average molecular weight is 465 g/mol. The summed E-state index contributed by atoms with van der Waals surface area (Å²) in [6.07, 6.45) is 0. The molecule has 0 radical (unpaired) electrons. The van der Waals surface area contributed by atoms with Gasteiger partial charge in [-0.15, -0.1) is 0 Å². The highest BCUT2D eigenvalue weighted by Gasteiger charge is 2.39. The van der Waals surface area contributed by atoms with Crippen molar-refractivity contribution in [2.45, 2.75) is 20.4 Å².